The van der Waals surface area contributed by atoms with Crippen LogP contribution < -0.4 is 21.2 Å². The normalized spacial score (nSPS) is 18.8. The topological polar surface area (TPSA) is 141 Å². The molecule has 1 aromatic carbocycles. The minimum atomic E-state index is -1.16. The average Bonchev–Trinajstić information content (AvgIpc) is 2.98. The molecule has 42 heavy (non-hydrogen) atoms. The van der Waals surface area contributed by atoms with E-state index in [1.807, 2.05) is 10.6 Å². The van der Waals surface area contributed by atoms with Gasteiger partial charge in [-0.1, -0.05) is 6.07 Å². The van der Waals surface area contributed by atoms with Gasteiger partial charge in [0, 0.05) is 48.9 Å². The van der Waals surface area contributed by atoms with Crippen LogP contribution in [-0.4, -0.2) is 47.9 Å². The van der Waals surface area contributed by atoms with Crippen molar-refractivity contribution in [3.8, 4) is 11.5 Å². The molecule has 3 aromatic heterocycles. The van der Waals surface area contributed by atoms with Gasteiger partial charge in [-0.2, -0.15) is 0 Å². The van der Waals surface area contributed by atoms with E-state index in [0.717, 1.165) is 12.1 Å². The quantitative estimate of drug-likeness (QED) is 0.328. The standard InChI is InChI=1S/C31H30N2O9/c1-39-19-6-7-26-22(9-19)29(37)23(16-41-26)21(11-28(36)40-2)31-30(38)25(34)10-20(42-31)15-32-12-17-8-18(14-32)24-4-3-5-27(35)33(24)13-17/h3-7,9-10,16-18,21,38H,8,11-15H2,1-2H3. The Morgan fingerprint density at radius 3 is 2.71 bits per heavy atom. The van der Waals surface area contributed by atoms with E-state index in [0.29, 0.717) is 31.0 Å². The fraction of sp³-hybridized carbons (Fsp3) is 0.355. The number of esters is 1. The van der Waals surface area contributed by atoms with Gasteiger partial charge in [-0.25, -0.2) is 0 Å². The molecule has 3 unspecified atom stereocenters. The van der Waals surface area contributed by atoms with Crippen molar-refractivity contribution in [1.82, 2.24) is 9.47 Å². The smallest absolute Gasteiger partial charge is 0.306 e. The van der Waals surface area contributed by atoms with Crippen molar-refractivity contribution in [3.05, 3.63) is 102 Å². The third-order valence-electron chi connectivity index (χ3n) is 8.23. The summed E-state index contributed by atoms with van der Waals surface area (Å²) in [5, 5.41) is 11.0. The summed E-state index contributed by atoms with van der Waals surface area (Å²) in [6, 6.07) is 11.3. The number of methoxy groups -OCH3 is 2. The third-order valence-corrected chi connectivity index (χ3v) is 8.23. The molecule has 1 N–H and O–H groups in total. The molecule has 218 valence electrons. The minimum absolute atomic E-state index is 0.00178. The Balaban J connectivity index is 1.37. The number of rotatable bonds is 7. The first-order valence-electron chi connectivity index (χ1n) is 13.7. The molecular formula is C31H30N2O9. The molecule has 2 bridgehead atoms. The molecule has 11 nitrogen and oxygen atoms in total. The lowest BCUT2D eigenvalue weighted by Crippen LogP contribution is -2.46. The second-order valence-corrected chi connectivity index (χ2v) is 10.9. The van der Waals surface area contributed by atoms with Crippen LogP contribution >= 0.6 is 0 Å². The van der Waals surface area contributed by atoms with Gasteiger partial charge in [-0.05, 0) is 36.6 Å². The summed E-state index contributed by atoms with van der Waals surface area (Å²) in [5.74, 6) is -1.61. The lowest BCUT2D eigenvalue weighted by Gasteiger charge is -2.42. The first kappa shape index (κ1) is 27.5. The van der Waals surface area contributed by atoms with Crippen LogP contribution in [0.3, 0.4) is 0 Å². The predicted molar refractivity (Wildman–Crippen MR) is 151 cm³/mol. The number of ether oxygens (including phenoxy) is 2. The number of aromatic hydroxyl groups is 1. The van der Waals surface area contributed by atoms with Gasteiger partial charge in [-0.15, -0.1) is 0 Å². The highest BCUT2D eigenvalue weighted by atomic mass is 16.5. The zero-order valence-electron chi connectivity index (χ0n) is 23.2. The van der Waals surface area contributed by atoms with E-state index in [-0.39, 0.29) is 52.8 Å². The van der Waals surface area contributed by atoms with E-state index < -0.39 is 28.5 Å². The Kier molecular flexibility index (Phi) is 7.19. The van der Waals surface area contributed by atoms with E-state index in [1.165, 1.54) is 32.6 Å². The lowest BCUT2D eigenvalue weighted by molar-refractivity contribution is -0.140. The zero-order valence-corrected chi connectivity index (χ0v) is 23.2. The molecule has 0 spiro atoms. The van der Waals surface area contributed by atoms with Crippen molar-refractivity contribution in [1.29, 1.82) is 0 Å². The number of hydrogen-bond donors (Lipinski definition) is 1. The number of aromatic nitrogens is 1. The molecule has 1 fully saturated rings. The van der Waals surface area contributed by atoms with Crippen molar-refractivity contribution < 1.29 is 28.2 Å². The average molecular weight is 575 g/mol. The molecule has 0 saturated carbocycles. The highest BCUT2D eigenvalue weighted by molar-refractivity contribution is 5.79. The largest absolute Gasteiger partial charge is 0.502 e. The summed E-state index contributed by atoms with van der Waals surface area (Å²) in [6.07, 6.45) is 1.80. The van der Waals surface area contributed by atoms with Crippen molar-refractivity contribution >= 4 is 16.9 Å². The van der Waals surface area contributed by atoms with Crippen LogP contribution in [-0.2, 0) is 22.6 Å². The third kappa shape index (κ3) is 5.00. The van der Waals surface area contributed by atoms with Crippen LogP contribution in [0.1, 0.15) is 47.5 Å². The first-order chi connectivity index (χ1) is 20.2. The summed E-state index contributed by atoms with van der Waals surface area (Å²) in [4.78, 5) is 53.6. The first-order valence-corrected chi connectivity index (χ1v) is 13.7. The predicted octanol–water partition coefficient (Wildman–Crippen LogP) is 2.94. The van der Waals surface area contributed by atoms with Gasteiger partial charge in [-0.3, -0.25) is 24.1 Å². The number of benzene rings is 1. The molecule has 0 amide bonds. The summed E-state index contributed by atoms with van der Waals surface area (Å²) >= 11 is 0. The highest BCUT2D eigenvalue weighted by Gasteiger charge is 2.35. The van der Waals surface area contributed by atoms with Gasteiger partial charge < -0.3 is 28.0 Å². The monoisotopic (exact) mass is 574 g/mol. The molecule has 11 heteroatoms. The number of piperidine rings is 1. The molecule has 5 heterocycles. The molecular weight excluding hydrogens is 544 g/mol. The van der Waals surface area contributed by atoms with Crippen LogP contribution in [0.4, 0.5) is 0 Å². The molecule has 0 radical (unpaired) electrons. The molecule has 0 aliphatic carbocycles. The van der Waals surface area contributed by atoms with Crippen LogP contribution in [0.25, 0.3) is 11.0 Å². The Labute approximate surface area is 239 Å². The second kappa shape index (κ2) is 11.0. The number of hydrogen-bond acceptors (Lipinski definition) is 10. The van der Waals surface area contributed by atoms with Gasteiger partial charge in [0.2, 0.25) is 11.2 Å². The van der Waals surface area contributed by atoms with E-state index in [9.17, 15) is 24.3 Å². The van der Waals surface area contributed by atoms with Gasteiger partial charge in [0.25, 0.3) is 5.56 Å². The molecule has 4 aromatic rings. The summed E-state index contributed by atoms with van der Waals surface area (Å²) < 4.78 is 23.8. The van der Waals surface area contributed by atoms with E-state index in [2.05, 4.69) is 4.90 Å². The van der Waals surface area contributed by atoms with Crippen molar-refractivity contribution in [3.63, 3.8) is 0 Å². The van der Waals surface area contributed by atoms with Gasteiger partial charge in [0.05, 0.1) is 44.8 Å². The van der Waals surface area contributed by atoms with E-state index in [4.69, 9.17) is 18.3 Å². The number of nitrogens with zero attached hydrogens (tertiary/aromatic N) is 2. The SMILES string of the molecule is COC(=O)CC(c1oc(CN2CC3CC(C2)c2cccc(=O)n2C3)cc(=O)c1O)c1coc2ccc(OC)cc2c1=O. The fourth-order valence-corrected chi connectivity index (χ4v) is 6.30. The highest BCUT2D eigenvalue weighted by Crippen LogP contribution is 2.37. The fourth-order valence-electron chi connectivity index (χ4n) is 6.30. The number of carbonyl (C=O) groups excluding carboxylic acids is 1. The summed E-state index contributed by atoms with van der Waals surface area (Å²) in [7, 11) is 2.68. The molecule has 1 saturated heterocycles. The summed E-state index contributed by atoms with van der Waals surface area (Å²) in [5.41, 5.74) is 0.162. The maximum absolute atomic E-state index is 13.6. The van der Waals surface area contributed by atoms with Crippen LogP contribution in [0.15, 0.2) is 71.9 Å². The van der Waals surface area contributed by atoms with Crippen LogP contribution in [0, 0.1) is 5.92 Å². The van der Waals surface area contributed by atoms with Crippen molar-refractivity contribution in [2.24, 2.45) is 5.92 Å². The number of fused-ring (bicyclic) bond motifs is 5. The van der Waals surface area contributed by atoms with E-state index in [1.54, 1.807) is 24.3 Å². The second-order valence-electron chi connectivity index (χ2n) is 10.9. The Morgan fingerprint density at radius 1 is 1.10 bits per heavy atom. The zero-order chi connectivity index (χ0) is 29.5. The van der Waals surface area contributed by atoms with Crippen LogP contribution in [0.5, 0.6) is 11.5 Å². The maximum atomic E-state index is 13.6. The van der Waals surface area contributed by atoms with E-state index >= 15 is 0 Å². The molecule has 3 atom stereocenters. The Hall–Kier alpha value is -4.64. The van der Waals surface area contributed by atoms with Gasteiger partial charge in [0.15, 0.2) is 11.2 Å². The van der Waals surface area contributed by atoms with Gasteiger partial charge in [0.1, 0.15) is 17.1 Å². The molecule has 2 aliphatic rings. The summed E-state index contributed by atoms with van der Waals surface area (Å²) in [6.45, 7) is 2.23. The molecule has 6 rings (SSSR count). The van der Waals surface area contributed by atoms with Crippen LogP contribution in [0.2, 0.25) is 0 Å². The van der Waals surface area contributed by atoms with Gasteiger partial charge >= 0.3 is 5.97 Å². The maximum Gasteiger partial charge on any atom is 0.306 e. The number of carbonyl (C=O) groups is 1. The number of likely N-dealkylation sites (tertiary alicyclic amines) is 1. The van der Waals surface area contributed by atoms with Crippen molar-refractivity contribution in [2.45, 2.75) is 37.8 Å². The Morgan fingerprint density at radius 2 is 1.93 bits per heavy atom. The minimum Gasteiger partial charge on any atom is -0.502 e. The molecule has 2 aliphatic heterocycles. The Bertz CT molecular complexity index is 1850. The van der Waals surface area contributed by atoms with Crippen molar-refractivity contribution in [2.75, 3.05) is 27.3 Å². The lowest BCUT2D eigenvalue weighted by atomic mass is 9.83. The number of pyridine rings is 1.